The second-order valence-electron chi connectivity index (χ2n) is 12.1. The zero-order valence-corrected chi connectivity index (χ0v) is 28.3. The van der Waals surface area contributed by atoms with Gasteiger partial charge in [-0.1, -0.05) is 49.7 Å². The molecule has 2 aromatic carbocycles. The molecule has 0 fully saturated rings. The third-order valence-corrected chi connectivity index (χ3v) is 8.61. The third kappa shape index (κ3) is 7.55. The zero-order valence-electron chi connectivity index (χ0n) is 28.3. The summed E-state index contributed by atoms with van der Waals surface area (Å²) in [5.41, 5.74) is 5.60. The molecule has 2 amide bonds. The van der Waals surface area contributed by atoms with Gasteiger partial charge in [-0.3, -0.25) is 14.1 Å². The number of rotatable bonds is 13. The molecule has 0 aliphatic carbocycles. The number of urea groups is 1. The van der Waals surface area contributed by atoms with Crippen molar-refractivity contribution in [3.8, 4) is 28.5 Å². The van der Waals surface area contributed by atoms with Gasteiger partial charge in [0.25, 0.3) is 0 Å². The van der Waals surface area contributed by atoms with Crippen LogP contribution in [0.2, 0.25) is 0 Å². The number of aromatic nitrogens is 7. The Balaban J connectivity index is 1.18. The molecule has 0 bridgehead atoms. The van der Waals surface area contributed by atoms with E-state index >= 15 is 0 Å². The van der Waals surface area contributed by atoms with E-state index in [0.717, 1.165) is 36.0 Å². The summed E-state index contributed by atoms with van der Waals surface area (Å²) in [6, 6.07) is 21.0. The van der Waals surface area contributed by atoms with E-state index in [1.54, 1.807) is 35.1 Å². The number of carbonyl (C=O) groups is 1. The van der Waals surface area contributed by atoms with E-state index in [-0.39, 0.29) is 17.8 Å². The number of fused-ring (bicyclic) bond motifs is 1. The first-order chi connectivity index (χ1) is 24.3. The molecule has 13 heteroatoms. The molecule has 4 aromatic heterocycles. The SMILES string of the molecule is CCC[C@@H](CCCNc1ncc(C#N)c(-c2ccc3[nH]c(=O)n(C)c3c2)n1)N(C(=O)NCc1ccccc1)c1ccc(-c2cnn(C)c2)cn1. The lowest BCUT2D eigenvalue weighted by atomic mass is 10.0. The van der Waals surface area contributed by atoms with Crippen molar-refractivity contribution >= 4 is 28.8 Å². The summed E-state index contributed by atoms with van der Waals surface area (Å²) in [6.45, 7) is 3.05. The highest BCUT2D eigenvalue weighted by Gasteiger charge is 2.26. The Morgan fingerprint density at radius 1 is 1.00 bits per heavy atom. The van der Waals surface area contributed by atoms with Crippen LogP contribution in [0.3, 0.4) is 0 Å². The Morgan fingerprint density at radius 3 is 2.54 bits per heavy atom. The van der Waals surface area contributed by atoms with Crippen LogP contribution >= 0.6 is 0 Å². The number of aromatic amines is 1. The summed E-state index contributed by atoms with van der Waals surface area (Å²) in [6.07, 6.45) is 10.1. The Bertz CT molecular complexity index is 2180. The van der Waals surface area contributed by atoms with Gasteiger partial charge in [-0.2, -0.15) is 10.4 Å². The van der Waals surface area contributed by atoms with Crippen molar-refractivity contribution in [2.45, 2.75) is 45.2 Å². The Hall–Kier alpha value is -6.29. The summed E-state index contributed by atoms with van der Waals surface area (Å²) in [4.78, 5) is 44.4. The first-order valence-electron chi connectivity index (χ1n) is 16.6. The van der Waals surface area contributed by atoms with Gasteiger partial charge in [0.05, 0.1) is 34.7 Å². The number of anilines is 2. The van der Waals surface area contributed by atoms with E-state index in [1.165, 1.54) is 10.8 Å². The molecule has 4 heterocycles. The molecular weight excluding hydrogens is 630 g/mol. The highest BCUT2D eigenvalue weighted by molar-refractivity contribution is 5.91. The molecule has 0 aliphatic heterocycles. The maximum absolute atomic E-state index is 13.9. The van der Waals surface area contributed by atoms with E-state index < -0.39 is 0 Å². The van der Waals surface area contributed by atoms with Gasteiger partial charge in [0.1, 0.15) is 11.9 Å². The molecule has 6 aromatic rings. The maximum atomic E-state index is 13.9. The minimum Gasteiger partial charge on any atom is -0.354 e. The highest BCUT2D eigenvalue weighted by Crippen LogP contribution is 2.27. The van der Waals surface area contributed by atoms with Crippen LogP contribution in [0.1, 0.15) is 43.7 Å². The molecule has 1 atom stereocenters. The maximum Gasteiger partial charge on any atom is 0.326 e. The van der Waals surface area contributed by atoms with E-state index in [0.29, 0.717) is 59.1 Å². The summed E-state index contributed by atoms with van der Waals surface area (Å²) in [7, 11) is 3.56. The molecule has 254 valence electrons. The lowest BCUT2D eigenvalue weighted by molar-refractivity contribution is 0.242. The van der Waals surface area contributed by atoms with E-state index in [4.69, 9.17) is 4.98 Å². The largest absolute Gasteiger partial charge is 0.354 e. The number of benzene rings is 2. The number of imidazole rings is 1. The second kappa shape index (κ2) is 15.3. The highest BCUT2D eigenvalue weighted by atomic mass is 16.2. The number of pyridine rings is 1. The number of hydrogen-bond donors (Lipinski definition) is 3. The average molecular weight is 670 g/mol. The van der Waals surface area contributed by atoms with Gasteiger partial charge in [-0.15, -0.1) is 0 Å². The fourth-order valence-electron chi connectivity index (χ4n) is 6.00. The van der Waals surface area contributed by atoms with Crippen LogP contribution in [0.15, 0.2) is 90.2 Å². The molecule has 3 N–H and O–H groups in total. The van der Waals surface area contributed by atoms with Crippen molar-refractivity contribution in [2.24, 2.45) is 14.1 Å². The van der Waals surface area contributed by atoms with Crippen molar-refractivity contribution in [1.29, 1.82) is 5.26 Å². The standard InChI is InChI=1S/C37H39N11O2/c1-4-9-30(12-8-17-39-35-41-22-28(19-38)34(45-35)26-13-15-31-32(18-26)47(3)37(50)44-31)48(36(49)42-20-25-10-6-5-7-11-25)33-16-14-27(21-40-33)29-23-43-46(2)24-29/h5-7,10-11,13-16,18,21-24,30H,4,8-9,12,17,20H2,1-3H3,(H,42,49)(H,44,50)(H,39,41,45)/t30-/m0/s1. The topological polar surface area (TPSA) is 162 Å². The fourth-order valence-corrected chi connectivity index (χ4v) is 6.00. The van der Waals surface area contributed by atoms with Crippen LogP contribution in [0.5, 0.6) is 0 Å². The molecule has 6 rings (SSSR count). The van der Waals surface area contributed by atoms with Gasteiger partial charge in [-0.05, 0) is 49.1 Å². The number of nitriles is 1. The Labute approximate surface area is 289 Å². The number of nitrogens with zero attached hydrogens (tertiary/aromatic N) is 8. The number of amides is 2. The van der Waals surface area contributed by atoms with Gasteiger partial charge in [0.2, 0.25) is 5.95 Å². The van der Waals surface area contributed by atoms with Crippen LogP contribution in [-0.2, 0) is 20.6 Å². The van der Waals surface area contributed by atoms with Gasteiger partial charge in [0, 0.05) is 62.3 Å². The molecule has 0 aliphatic rings. The molecule has 0 unspecified atom stereocenters. The zero-order chi connectivity index (χ0) is 35.0. The minimum atomic E-state index is -0.214. The van der Waals surface area contributed by atoms with Crippen molar-refractivity contribution in [3.05, 3.63) is 107 Å². The van der Waals surface area contributed by atoms with Gasteiger partial charge in [0.15, 0.2) is 0 Å². The molecule has 13 nitrogen and oxygen atoms in total. The van der Waals surface area contributed by atoms with Gasteiger partial charge < -0.3 is 15.6 Å². The average Bonchev–Trinajstić information content (AvgIpc) is 3.71. The Morgan fingerprint density at radius 2 is 1.82 bits per heavy atom. The summed E-state index contributed by atoms with van der Waals surface area (Å²) >= 11 is 0. The number of nitrogens with one attached hydrogen (secondary N) is 3. The molecule has 0 saturated carbocycles. The predicted octanol–water partition coefficient (Wildman–Crippen LogP) is 5.77. The van der Waals surface area contributed by atoms with Crippen LogP contribution < -0.4 is 21.2 Å². The summed E-state index contributed by atoms with van der Waals surface area (Å²) in [5.74, 6) is 0.964. The number of carbonyl (C=O) groups excluding carboxylic acids is 1. The van der Waals surface area contributed by atoms with Crippen LogP contribution in [-0.4, -0.2) is 52.9 Å². The quantitative estimate of drug-likeness (QED) is 0.131. The minimum absolute atomic E-state index is 0.119. The lowest BCUT2D eigenvalue weighted by Gasteiger charge is -2.31. The van der Waals surface area contributed by atoms with Crippen molar-refractivity contribution < 1.29 is 4.79 Å². The molecule has 0 radical (unpaired) electrons. The van der Waals surface area contributed by atoms with Crippen LogP contribution in [0, 0.1) is 11.3 Å². The fraction of sp³-hybridized carbons (Fsp3) is 0.270. The second-order valence-corrected chi connectivity index (χ2v) is 12.1. The molecule has 0 saturated heterocycles. The molecule has 50 heavy (non-hydrogen) atoms. The van der Waals surface area contributed by atoms with Gasteiger partial charge in [-0.25, -0.2) is 24.5 Å². The van der Waals surface area contributed by atoms with Crippen LogP contribution in [0.25, 0.3) is 33.4 Å². The van der Waals surface area contributed by atoms with Crippen molar-refractivity contribution in [1.82, 2.24) is 39.6 Å². The first-order valence-corrected chi connectivity index (χ1v) is 16.6. The predicted molar refractivity (Wildman–Crippen MR) is 193 cm³/mol. The normalized spacial score (nSPS) is 11.6. The number of aryl methyl sites for hydroxylation is 2. The molecule has 0 spiro atoms. The lowest BCUT2D eigenvalue weighted by Crippen LogP contribution is -2.47. The third-order valence-electron chi connectivity index (χ3n) is 8.61. The van der Waals surface area contributed by atoms with E-state index in [9.17, 15) is 14.9 Å². The number of H-pyrrole nitrogens is 1. The number of hydrogen-bond acceptors (Lipinski definition) is 8. The van der Waals surface area contributed by atoms with Gasteiger partial charge >= 0.3 is 11.7 Å². The van der Waals surface area contributed by atoms with E-state index in [2.05, 4.69) is 43.7 Å². The smallest absolute Gasteiger partial charge is 0.326 e. The Kier molecular flexibility index (Phi) is 10.3. The monoisotopic (exact) mass is 669 g/mol. The first kappa shape index (κ1) is 33.6. The van der Waals surface area contributed by atoms with Crippen molar-refractivity contribution in [2.75, 3.05) is 16.8 Å². The summed E-state index contributed by atoms with van der Waals surface area (Å²) in [5, 5.41) is 20.4. The van der Waals surface area contributed by atoms with E-state index in [1.807, 2.05) is 67.8 Å². The van der Waals surface area contributed by atoms with Crippen molar-refractivity contribution in [3.63, 3.8) is 0 Å². The van der Waals surface area contributed by atoms with Crippen LogP contribution in [0.4, 0.5) is 16.6 Å². The molecular formula is C37H39N11O2. The summed E-state index contributed by atoms with van der Waals surface area (Å²) < 4.78 is 3.27.